The van der Waals surface area contributed by atoms with Crippen molar-refractivity contribution in [2.75, 3.05) is 0 Å². The summed E-state index contributed by atoms with van der Waals surface area (Å²) in [5.74, 6) is 0. The van der Waals surface area contributed by atoms with Crippen molar-refractivity contribution < 1.29 is 26.3 Å². The first-order valence-electron chi connectivity index (χ1n) is 10.5. The number of halogens is 6. The summed E-state index contributed by atoms with van der Waals surface area (Å²) in [6, 6.07) is 24.3. The lowest BCUT2D eigenvalue weighted by Gasteiger charge is -2.16. The molecular formula is C28H17F6N. The third-order valence-electron chi connectivity index (χ3n) is 5.25. The summed E-state index contributed by atoms with van der Waals surface area (Å²) in [4.78, 5) is 0. The SMILES string of the molecule is FC(F)(F)c1cc(-c2cccc(-c3ccccc3)c2C=[N+]=[C-]c2ccccc2)cc(C(F)(F)F)c1. The van der Waals surface area contributed by atoms with Crippen molar-refractivity contribution in [2.24, 2.45) is 0 Å². The summed E-state index contributed by atoms with van der Waals surface area (Å²) in [5.41, 5.74) is -0.412. The Hall–Kier alpha value is -4.09. The Morgan fingerprint density at radius 1 is 0.571 bits per heavy atom. The van der Waals surface area contributed by atoms with Crippen LogP contribution in [0.25, 0.3) is 22.3 Å². The minimum atomic E-state index is -4.95. The molecule has 0 saturated heterocycles. The molecule has 0 saturated carbocycles. The van der Waals surface area contributed by atoms with E-state index in [9.17, 15) is 26.3 Å². The Balaban J connectivity index is 1.97. The zero-order valence-corrected chi connectivity index (χ0v) is 18.0. The lowest BCUT2D eigenvalue weighted by Crippen LogP contribution is -2.11. The molecule has 0 bridgehead atoms. The fourth-order valence-corrected chi connectivity index (χ4v) is 3.62. The Kier molecular flexibility index (Phi) is 6.63. The maximum absolute atomic E-state index is 13.5. The van der Waals surface area contributed by atoms with Gasteiger partial charge in [0.1, 0.15) is 0 Å². The van der Waals surface area contributed by atoms with E-state index >= 15 is 0 Å². The average molecular weight is 481 g/mol. The van der Waals surface area contributed by atoms with E-state index in [1.807, 2.05) is 6.07 Å². The molecule has 0 unspecified atom stereocenters. The van der Waals surface area contributed by atoms with Crippen LogP contribution in [0, 0.1) is 0 Å². The van der Waals surface area contributed by atoms with E-state index in [0.29, 0.717) is 16.7 Å². The topological polar surface area (TPSA) is 14.1 Å². The molecule has 4 aromatic carbocycles. The smallest absolute Gasteiger partial charge is 0.187 e. The van der Waals surface area contributed by atoms with Gasteiger partial charge in [-0.3, -0.25) is 0 Å². The first-order valence-corrected chi connectivity index (χ1v) is 10.5. The van der Waals surface area contributed by atoms with Crippen LogP contribution in [0.15, 0.2) is 97.1 Å². The largest absolute Gasteiger partial charge is 0.416 e. The normalized spacial score (nSPS) is 11.6. The molecule has 0 radical (unpaired) electrons. The van der Waals surface area contributed by atoms with Crippen LogP contribution in [0.3, 0.4) is 0 Å². The highest BCUT2D eigenvalue weighted by Gasteiger charge is 2.37. The molecule has 176 valence electrons. The number of alkyl halides is 6. The maximum atomic E-state index is 13.5. The number of rotatable bonds is 4. The Morgan fingerprint density at radius 2 is 1.09 bits per heavy atom. The second kappa shape index (κ2) is 9.65. The van der Waals surface area contributed by atoms with Gasteiger partial charge in [0.05, 0.1) is 11.1 Å². The summed E-state index contributed by atoms with van der Waals surface area (Å²) in [5, 5.41) is 0. The second-order valence-electron chi connectivity index (χ2n) is 7.66. The quantitative estimate of drug-likeness (QED) is 0.124. The van der Waals surface area contributed by atoms with E-state index in [4.69, 9.17) is 0 Å². The number of hydrogen-bond donors (Lipinski definition) is 0. The van der Waals surface area contributed by atoms with Crippen molar-refractivity contribution in [2.45, 2.75) is 12.4 Å². The molecular weight excluding hydrogens is 464 g/mol. The molecule has 1 nitrogen and oxygen atoms in total. The summed E-state index contributed by atoms with van der Waals surface area (Å²) < 4.78 is 85.1. The van der Waals surface area contributed by atoms with Gasteiger partial charge in [0.25, 0.3) is 6.21 Å². The van der Waals surface area contributed by atoms with Crippen LogP contribution in [-0.4, -0.2) is 12.4 Å². The number of hydrogen-bond acceptors (Lipinski definition) is 0. The Morgan fingerprint density at radius 3 is 1.63 bits per heavy atom. The van der Waals surface area contributed by atoms with E-state index in [0.717, 1.165) is 17.7 Å². The average Bonchev–Trinajstić information content (AvgIpc) is 2.84. The van der Waals surface area contributed by atoms with Crippen LogP contribution < -0.4 is 4.67 Å². The van der Waals surface area contributed by atoms with Crippen LogP contribution in [0.1, 0.15) is 22.3 Å². The molecule has 4 aromatic rings. The van der Waals surface area contributed by atoms with Gasteiger partial charge in [0, 0.05) is 5.56 Å². The van der Waals surface area contributed by atoms with Gasteiger partial charge in [-0.2, -0.15) is 31.0 Å². The van der Waals surface area contributed by atoms with E-state index in [-0.39, 0.29) is 17.2 Å². The zero-order valence-electron chi connectivity index (χ0n) is 18.0. The molecule has 0 amide bonds. The molecule has 0 aromatic heterocycles. The first kappa shape index (κ1) is 24.0. The third kappa shape index (κ3) is 5.70. The van der Waals surface area contributed by atoms with Gasteiger partial charge >= 0.3 is 12.4 Å². The molecule has 0 heterocycles. The highest BCUT2D eigenvalue weighted by Crippen LogP contribution is 2.40. The molecule has 0 aliphatic heterocycles. The van der Waals surface area contributed by atoms with Gasteiger partial charge in [-0.05, 0) is 40.5 Å². The van der Waals surface area contributed by atoms with Crippen molar-refractivity contribution in [3.05, 3.63) is 119 Å². The Labute approximate surface area is 197 Å². The van der Waals surface area contributed by atoms with Gasteiger partial charge in [-0.25, -0.2) is 0 Å². The fourth-order valence-electron chi connectivity index (χ4n) is 3.62. The maximum Gasteiger partial charge on any atom is 0.416 e. The van der Waals surface area contributed by atoms with E-state index in [2.05, 4.69) is 10.9 Å². The monoisotopic (exact) mass is 481 g/mol. The van der Waals surface area contributed by atoms with Crippen molar-refractivity contribution >= 4 is 12.4 Å². The third-order valence-corrected chi connectivity index (χ3v) is 5.25. The van der Waals surface area contributed by atoms with Crippen molar-refractivity contribution in [3.63, 3.8) is 0 Å². The van der Waals surface area contributed by atoms with E-state index < -0.39 is 23.5 Å². The van der Waals surface area contributed by atoms with Gasteiger partial charge in [-0.1, -0.05) is 60.2 Å². The summed E-state index contributed by atoms with van der Waals surface area (Å²) in [6.07, 6.45) is -5.66. The molecule has 0 spiro atoms. The highest BCUT2D eigenvalue weighted by molar-refractivity contribution is 5.99. The Bertz CT molecular complexity index is 1350. The van der Waals surface area contributed by atoms with Crippen LogP contribution in [0.5, 0.6) is 0 Å². The zero-order chi connectivity index (χ0) is 25.1. The van der Waals surface area contributed by atoms with Crippen molar-refractivity contribution in [1.82, 2.24) is 4.67 Å². The van der Waals surface area contributed by atoms with Gasteiger partial charge in [0.15, 0.2) is 0 Å². The number of benzene rings is 4. The van der Waals surface area contributed by atoms with Crippen LogP contribution in [-0.2, 0) is 12.4 Å². The van der Waals surface area contributed by atoms with Crippen LogP contribution in [0.2, 0.25) is 0 Å². The first-order chi connectivity index (χ1) is 16.6. The minimum absolute atomic E-state index is 0.120. The lowest BCUT2D eigenvalue weighted by atomic mass is 9.90. The second-order valence-corrected chi connectivity index (χ2v) is 7.66. The predicted molar refractivity (Wildman–Crippen MR) is 125 cm³/mol. The molecule has 4 rings (SSSR count). The van der Waals surface area contributed by atoms with Gasteiger partial charge in [-0.15, -0.1) is 24.3 Å². The standard InChI is InChI=1S/C28H17F6N/c29-27(30,31)22-14-21(15-23(16-22)28(32,33)34)25-13-7-12-24(20-10-5-2-6-11-20)26(25)18-35-17-19-8-3-1-4-9-19/h1-16,18H. The molecule has 0 atom stereocenters. The molecule has 0 fully saturated rings. The van der Waals surface area contributed by atoms with Crippen LogP contribution >= 0.6 is 0 Å². The highest BCUT2D eigenvalue weighted by atomic mass is 19.4. The van der Waals surface area contributed by atoms with Gasteiger partial charge < -0.3 is 0 Å². The molecule has 0 aliphatic rings. The molecule has 7 heteroatoms. The van der Waals surface area contributed by atoms with Crippen molar-refractivity contribution in [3.8, 4) is 22.3 Å². The number of nitrogens with zero attached hydrogens (tertiary/aromatic N) is 1. The summed E-state index contributed by atoms with van der Waals surface area (Å²) in [7, 11) is 0. The van der Waals surface area contributed by atoms with Crippen molar-refractivity contribution in [1.29, 1.82) is 0 Å². The molecule has 35 heavy (non-hydrogen) atoms. The fraction of sp³-hybridized carbons (Fsp3) is 0.0714. The van der Waals surface area contributed by atoms with E-state index in [1.54, 1.807) is 66.7 Å². The minimum Gasteiger partial charge on any atom is -0.187 e. The predicted octanol–water partition coefficient (Wildman–Crippen LogP) is 7.54. The molecule has 0 N–H and O–H groups in total. The molecule has 0 aliphatic carbocycles. The van der Waals surface area contributed by atoms with Gasteiger partial charge in [0.2, 0.25) is 6.21 Å². The summed E-state index contributed by atoms with van der Waals surface area (Å²) in [6.45, 7) is 0. The summed E-state index contributed by atoms with van der Waals surface area (Å²) >= 11 is 0. The van der Waals surface area contributed by atoms with Crippen LogP contribution in [0.4, 0.5) is 26.3 Å². The van der Waals surface area contributed by atoms with E-state index in [1.165, 1.54) is 12.3 Å². The lowest BCUT2D eigenvalue weighted by molar-refractivity contribution is -0.143.